The summed E-state index contributed by atoms with van der Waals surface area (Å²) in [6, 6.07) is 9.34. The molecule has 1 aromatic rings. The second kappa shape index (κ2) is 4.28. The molecule has 1 rings (SSSR count). The van der Waals surface area contributed by atoms with E-state index in [-0.39, 0.29) is 0 Å². The van der Waals surface area contributed by atoms with Crippen LogP contribution in [-0.4, -0.2) is 18.6 Å². The van der Waals surface area contributed by atoms with Crippen LogP contribution in [0.15, 0.2) is 36.9 Å². The van der Waals surface area contributed by atoms with Crippen LogP contribution in [0.25, 0.3) is 5.57 Å². The van der Waals surface area contributed by atoms with E-state index in [1.54, 1.807) is 6.92 Å². The molecule has 1 atom stereocenters. The van der Waals surface area contributed by atoms with Crippen LogP contribution in [0, 0.1) is 0 Å². The number of rotatable bonds is 3. The molecule has 3 nitrogen and oxygen atoms in total. The molecule has 1 unspecified atom stereocenters. The van der Waals surface area contributed by atoms with E-state index in [9.17, 15) is 4.79 Å². The summed E-state index contributed by atoms with van der Waals surface area (Å²) in [7, 11) is 1.31. The van der Waals surface area contributed by atoms with Gasteiger partial charge in [0.05, 0.1) is 7.11 Å². The predicted molar refractivity (Wildman–Crippen MR) is 60.1 cm³/mol. The van der Waals surface area contributed by atoms with Crippen molar-refractivity contribution in [3.63, 3.8) is 0 Å². The van der Waals surface area contributed by atoms with Gasteiger partial charge in [0.15, 0.2) is 0 Å². The Kier molecular flexibility index (Phi) is 3.27. The number of nitrogens with two attached hydrogens (primary N) is 1. The van der Waals surface area contributed by atoms with Crippen LogP contribution < -0.4 is 5.73 Å². The first-order valence-corrected chi connectivity index (χ1v) is 4.62. The maximum atomic E-state index is 11.4. The fourth-order valence-corrected chi connectivity index (χ4v) is 1.27. The Morgan fingerprint density at radius 1 is 1.40 bits per heavy atom. The van der Waals surface area contributed by atoms with Crippen LogP contribution in [0.2, 0.25) is 0 Å². The van der Waals surface area contributed by atoms with Gasteiger partial charge < -0.3 is 10.5 Å². The largest absolute Gasteiger partial charge is 0.467 e. The molecule has 0 saturated carbocycles. The molecular formula is C12H15NO2. The lowest BCUT2D eigenvalue weighted by Crippen LogP contribution is -2.46. The van der Waals surface area contributed by atoms with Crippen LogP contribution >= 0.6 is 0 Å². The lowest BCUT2D eigenvalue weighted by molar-refractivity contribution is -0.144. The summed E-state index contributed by atoms with van der Waals surface area (Å²) in [5.74, 6) is -0.489. The van der Waals surface area contributed by atoms with Gasteiger partial charge in [0.25, 0.3) is 0 Å². The van der Waals surface area contributed by atoms with Crippen molar-refractivity contribution in [2.75, 3.05) is 7.11 Å². The highest BCUT2D eigenvalue weighted by atomic mass is 16.5. The van der Waals surface area contributed by atoms with Gasteiger partial charge in [-0.15, -0.1) is 0 Å². The summed E-state index contributed by atoms with van der Waals surface area (Å²) in [6.45, 7) is 5.43. The van der Waals surface area contributed by atoms with Gasteiger partial charge in [-0.1, -0.05) is 36.9 Å². The van der Waals surface area contributed by atoms with Gasteiger partial charge in [-0.3, -0.25) is 0 Å². The molecule has 0 radical (unpaired) electrons. The van der Waals surface area contributed by atoms with E-state index in [1.807, 2.05) is 30.3 Å². The number of hydrogen-bond acceptors (Lipinski definition) is 3. The Morgan fingerprint density at radius 3 is 2.40 bits per heavy atom. The maximum Gasteiger partial charge on any atom is 0.330 e. The highest BCUT2D eigenvalue weighted by molar-refractivity contribution is 5.96. The van der Waals surface area contributed by atoms with Crippen molar-refractivity contribution in [3.8, 4) is 0 Å². The summed E-state index contributed by atoms with van der Waals surface area (Å²) >= 11 is 0. The van der Waals surface area contributed by atoms with Gasteiger partial charge in [0.1, 0.15) is 5.54 Å². The Bertz CT molecular complexity index is 368. The average Bonchev–Trinajstić information content (AvgIpc) is 2.28. The van der Waals surface area contributed by atoms with Crippen molar-refractivity contribution >= 4 is 11.5 Å². The minimum absolute atomic E-state index is 0.489. The van der Waals surface area contributed by atoms with Crippen molar-refractivity contribution in [3.05, 3.63) is 42.5 Å². The van der Waals surface area contributed by atoms with Crippen molar-refractivity contribution in [2.24, 2.45) is 5.73 Å². The molecule has 0 fully saturated rings. The first-order chi connectivity index (χ1) is 7.00. The van der Waals surface area contributed by atoms with Gasteiger partial charge >= 0.3 is 5.97 Å². The predicted octanol–water partition coefficient (Wildman–Crippen LogP) is 1.59. The molecular weight excluding hydrogens is 190 g/mol. The standard InChI is InChI=1S/C12H15NO2/c1-9(10-7-5-4-6-8-10)12(2,13)11(14)15-3/h4-8H,1,13H2,2-3H3. The molecule has 3 heteroatoms. The van der Waals surface area contributed by atoms with E-state index in [4.69, 9.17) is 5.73 Å². The number of carbonyl (C=O) groups excluding carboxylic acids is 1. The maximum absolute atomic E-state index is 11.4. The van der Waals surface area contributed by atoms with Crippen LogP contribution in [-0.2, 0) is 9.53 Å². The zero-order chi connectivity index (χ0) is 11.5. The third-order valence-corrected chi connectivity index (χ3v) is 2.36. The third-order valence-electron chi connectivity index (χ3n) is 2.36. The summed E-state index contributed by atoms with van der Waals surface area (Å²) in [6.07, 6.45) is 0. The van der Waals surface area contributed by atoms with Crippen LogP contribution in [0.1, 0.15) is 12.5 Å². The fourth-order valence-electron chi connectivity index (χ4n) is 1.27. The zero-order valence-electron chi connectivity index (χ0n) is 8.99. The third kappa shape index (κ3) is 2.25. The van der Waals surface area contributed by atoms with E-state index < -0.39 is 11.5 Å². The van der Waals surface area contributed by atoms with Crippen molar-refractivity contribution in [1.82, 2.24) is 0 Å². The number of carbonyl (C=O) groups is 1. The first-order valence-electron chi connectivity index (χ1n) is 4.62. The second-order valence-corrected chi connectivity index (χ2v) is 3.54. The number of methoxy groups -OCH3 is 1. The molecule has 0 aliphatic rings. The molecule has 0 aliphatic carbocycles. The highest BCUT2D eigenvalue weighted by Gasteiger charge is 2.33. The monoisotopic (exact) mass is 205 g/mol. The molecule has 0 amide bonds. The lowest BCUT2D eigenvalue weighted by atomic mass is 9.89. The van der Waals surface area contributed by atoms with Gasteiger partial charge in [-0.25, -0.2) is 4.79 Å². The molecule has 15 heavy (non-hydrogen) atoms. The molecule has 0 bridgehead atoms. The van der Waals surface area contributed by atoms with Gasteiger partial charge in [0.2, 0.25) is 0 Å². The Morgan fingerprint density at radius 2 is 1.93 bits per heavy atom. The van der Waals surface area contributed by atoms with Gasteiger partial charge in [-0.05, 0) is 18.1 Å². The normalized spacial score (nSPS) is 14.1. The van der Waals surface area contributed by atoms with Gasteiger partial charge in [0, 0.05) is 0 Å². The highest BCUT2D eigenvalue weighted by Crippen LogP contribution is 2.23. The summed E-state index contributed by atoms with van der Waals surface area (Å²) in [5.41, 5.74) is 6.08. The molecule has 0 spiro atoms. The number of esters is 1. The van der Waals surface area contributed by atoms with E-state index in [0.717, 1.165) is 5.56 Å². The Labute approximate surface area is 89.5 Å². The molecule has 2 N–H and O–H groups in total. The lowest BCUT2D eigenvalue weighted by Gasteiger charge is -2.24. The first kappa shape index (κ1) is 11.5. The fraction of sp³-hybridized carbons (Fsp3) is 0.250. The van der Waals surface area contributed by atoms with Crippen LogP contribution in [0.3, 0.4) is 0 Å². The van der Waals surface area contributed by atoms with E-state index in [1.165, 1.54) is 7.11 Å². The topological polar surface area (TPSA) is 52.3 Å². The second-order valence-electron chi connectivity index (χ2n) is 3.54. The van der Waals surface area contributed by atoms with E-state index in [2.05, 4.69) is 11.3 Å². The molecule has 0 aliphatic heterocycles. The molecule has 80 valence electrons. The quantitative estimate of drug-likeness (QED) is 0.762. The Balaban J connectivity index is 3.00. The smallest absolute Gasteiger partial charge is 0.330 e. The molecule has 0 heterocycles. The zero-order valence-corrected chi connectivity index (χ0v) is 8.99. The summed E-state index contributed by atoms with van der Waals surface area (Å²) < 4.78 is 4.63. The SMILES string of the molecule is C=C(c1ccccc1)C(C)(N)C(=O)OC. The van der Waals surface area contributed by atoms with Gasteiger partial charge in [-0.2, -0.15) is 0 Å². The minimum atomic E-state index is -1.18. The molecule has 0 saturated heterocycles. The van der Waals surface area contributed by atoms with Crippen molar-refractivity contribution in [2.45, 2.75) is 12.5 Å². The molecule has 0 aromatic heterocycles. The Hall–Kier alpha value is -1.61. The minimum Gasteiger partial charge on any atom is -0.467 e. The summed E-state index contributed by atoms with van der Waals surface area (Å²) in [5, 5.41) is 0. The van der Waals surface area contributed by atoms with Crippen molar-refractivity contribution < 1.29 is 9.53 Å². The van der Waals surface area contributed by atoms with Crippen LogP contribution in [0.5, 0.6) is 0 Å². The number of hydrogen-bond donors (Lipinski definition) is 1. The van der Waals surface area contributed by atoms with E-state index >= 15 is 0 Å². The van der Waals surface area contributed by atoms with Crippen LogP contribution in [0.4, 0.5) is 0 Å². The average molecular weight is 205 g/mol. The van der Waals surface area contributed by atoms with Crippen molar-refractivity contribution in [1.29, 1.82) is 0 Å². The summed E-state index contributed by atoms with van der Waals surface area (Å²) in [4.78, 5) is 11.4. The number of benzene rings is 1. The number of ether oxygens (including phenoxy) is 1. The molecule has 1 aromatic carbocycles. The van der Waals surface area contributed by atoms with E-state index in [0.29, 0.717) is 5.57 Å².